The summed E-state index contributed by atoms with van der Waals surface area (Å²) in [6, 6.07) is 14.3. The highest BCUT2D eigenvalue weighted by Crippen LogP contribution is 2.39. The number of unbranched alkanes of at least 4 members (excludes halogenated alkanes) is 1. The lowest BCUT2D eigenvalue weighted by Gasteiger charge is -2.26. The number of Topliss-reactive ketones (excluding diaryl/α,β-unsaturated/α-hetero) is 1. The van der Waals surface area contributed by atoms with Crippen molar-refractivity contribution >= 4 is 17.4 Å². The summed E-state index contributed by atoms with van der Waals surface area (Å²) in [6.07, 6.45) is 3.64. The van der Waals surface area contributed by atoms with Crippen LogP contribution in [0.15, 0.2) is 54.1 Å². The van der Waals surface area contributed by atoms with Crippen molar-refractivity contribution in [1.29, 1.82) is 0 Å². The summed E-state index contributed by atoms with van der Waals surface area (Å²) < 4.78 is 5.71. The van der Waals surface area contributed by atoms with Gasteiger partial charge in [-0.3, -0.25) is 9.59 Å². The number of carbonyl (C=O) groups excluding carboxylic acids is 2. The van der Waals surface area contributed by atoms with Gasteiger partial charge in [0.15, 0.2) is 0 Å². The molecular formula is C28H36N2O4. The molecule has 1 amide bonds. The molecule has 6 nitrogen and oxygen atoms in total. The molecule has 1 N–H and O–H groups in total. The van der Waals surface area contributed by atoms with Gasteiger partial charge in [-0.05, 0) is 75.3 Å². The van der Waals surface area contributed by atoms with Crippen LogP contribution in [0.2, 0.25) is 0 Å². The number of aliphatic hydroxyl groups is 1. The minimum Gasteiger partial charge on any atom is -0.507 e. The monoisotopic (exact) mass is 464 g/mol. The fourth-order valence-corrected chi connectivity index (χ4v) is 4.15. The van der Waals surface area contributed by atoms with E-state index in [0.29, 0.717) is 24.5 Å². The van der Waals surface area contributed by atoms with Gasteiger partial charge in [0, 0.05) is 12.1 Å². The Labute approximate surface area is 202 Å². The van der Waals surface area contributed by atoms with Gasteiger partial charge in [0.05, 0.1) is 18.2 Å². The Hall–Kier alpha value is -3.12. The van der Waals surface area contributed by atoms with E-state index < -0.39 is 17.7 Å². The van der Waals surface area contributed by atoms with Crippen LogP contribution >= 0.6 is 0 Å². The third-order valence-corrected chi connectivity index (χ3v) is 6.14. The standard InChI is InChI=1S/C28H36N2O4/c1-5-7-19-34-23-15-13-22(14-16-23)26(31)24-25(21-11-9-20(6-2)10-12-21)30(28(33)27(24)32)18-8-17-29(3)4/h9-16,25,31H,5-8,17-19H2,1-4H3/b26-24+. The van der Waals surface area contributed by atoms with Gasteiger partial charge in [0.1, 0.15) is 11.5 Å². The van der Waals surface area contributed by atoms with E-state index in [1.807, 2.05) is 43.3 Å². The third kappa shape index (κ3) is 5.86. The maximum absolute atomic E-state index is 13.1. The molecule has 2 aromatic carbocycles. The van der Waals surface area contributed by atoms with Gasteiger partial charge in [-0.1, -0.05) is 44.5 Å². The Morgan fingerprint density at radius 2 is 1.68 bits per heavy atom. The molecule has 1 atom stereocenters. The zero-order valence-electron chi connectivity index (χ0n) is 20.7. The molecule has 3 rings (SSSR count). The molecule has 2 aromatic rings. The topological polar surface area (TPSA) is 70.1 Å². The maximum atomic E-state index is 13.1. The predicted molar refractivity (Wildman–Crippen MR) is 135 cm³/mol. The van der Waals surface area contributed by atoms with Crippen molar-refractivity contribution in [3.8, 4) is 5.75 Å². The van der Waals surface area contributed by atoms with Crippen LogP contribution in [0.1, 0.15) is 55.8 Å². The van der Waals surface area contributed by atoms with Crippen LogP contribution in [0.5, 0.6) is 5.75 Å². The first-order valence-corrected chi connectivity index (χ1v) is 12.1. The smallest absolute Gasteiger partial charge is 0.295 e. The summed E-state index contributed by atoms with van der Waals surface area (Å²) in [5.41, 5.74) is 2.62. The van der Waals surface area contributed by atoms with Crippen molar-refractivity contribution in [2.24, 2.45) is 0 Å². The molecule has 0 radical (unpaired) electrons. The van der Waals surface area contributed by atoms with Gasteiger partial charge in [0.2, 0.25) is 0 Å². The zero-order chi connectivity index (χ0) is 24.7. The highest BCUT2D eigenvalue weighted by atomic mass is 16.5. The number of rotatable bonds is 11. The van der Waals surface area contributed by atoms with Gasteiger partial charge >= 0.3 is 0 Å². The Kier molecular flexibility index (Phi) is 8.88. The molecule has 0 saturated carbocycles. The van der Waals surface area contributed by atoms with Gasteiger partial charge < -0.3 is 19.6 Å². The summed E-state index contributed by atoms with van der Waals surface area (Å²) in [5, 5.41) is 11.2. The number of aryl methyl sites for hydroxylation is 1. The first-order valence-electron chi connectivity index (χ1n) is 12.1. The SMILES string of the molecule is CCCCOc1ccc(/C(O)=C2\C(=O)C(=O)N(CCCN(C)C)C2c2ccc(CC)cc2)cc1. The van der Waals surface area contributed by atoms with Crippen molar-refractivity contribution in [1.82, 2.24) is 9.80 Å². The highest BCUT2D eigenvalue weighted by molar-refractivity contribution is 6.46. The van der Waals surface area contributed by atoms with Crippen molar-refractivity contribution in [3.05, 3.63) is 70.8 Å². The largest absolute Gasteiger partial charge is 0.507 e. The minimum absolute atomic E-state index is 0.138. The number of amides is 1. The second kappa shape index (κ2) is 11.8. The average molecular weight is 465 g/mol. The summed E-state index contributed by atoms with van der Waals surface area (Å²) in [6.45, 7) is 6.05. The molecule has 1 aliphatic heterocycles. The Bertz CT molecular complexity index is 1010. The molecule has 1 fully saturated rings. The van der Waals surface area contributed by atoms with Crippen LogP contribution in [-0.2, 0) is 16.0 Å². The van der Waals surface area contributed by atoms with Crippen LogP contribution in [0.4, 0.5) is 0 Å². The van der Waals surface area contributed by atoms with E-state index in [0.717, 1.165) is 37.8 Å². The van der Waals surface area contributed by atoms with Crippen LogP contribution in [0, 0.1) is 0 Å². The fraction of sp³-hybridized carbons (Fsp3) is 0.429. The number of hydrogen-bond donors (Lipinski definition) is 1. The highest BCUT2D eigenvalue weighted by Gasteiger charge is 2.45. The molecule has 0 aliphatic carbocycles. The van der Waals surface area contributed by atoms with Crippen molar-refractivity contribution < 1.29 is 19.4 Å². The lowest BCUT2D eigenvalue weighted by Crippen LogP contribution is -2.32. The van der Waals surface area contributed by atoms with Gasteiger partial charge in [-0.25, -0.2) is 0 Å². The molecule has 6 heteroatoms. The molecule has 0 aromatic heterocycles. The Balaban J connectivity index is 1.98. The second-order valence-electron chi connectivity index (χ2n) is 8.97. The Morgan fingerprint density at radius 3 is 2.26 bits per heavy atom. The van der Waals surface area contributed by atoms with Crippen molar-refractivity contribution in [3.63, 3.8) is 0 Å². The van der Waals surface area contributed by atoms with Gasteiger partial charge in [-0.2, -0.15) is 0 Å². The quantitative estimate of drug-likeness (QED) is 0.224. The molecule has 1 saturated heterocycles. The number of ketones is 1. The van der Waals surface area contributed by atoms with Crippen LogP contribution in [0.3, 0.4) is 0 Å². The summed E-state index contributed by atoms with van der Waals surface area (Å²) in [4.78, 5) is 29.8. The number of carbonyl (C=O) groups is 2. The molecule has 1 heterocycles. The predicted octanol–water partition coefficient (Wildman–Crippen LogP) is 4.80. The van der Waals surface area contributed by atoms with Crippen LogP contribution in [-0.4, -0.2) is 60.4 Å². The van der Waals surface area contributed by atoms with Gasteiger partial charge in [-0.15, -0.1) is 0 Å². The van der Waals surface area contributed by atoms with E-state index in [2.05, 4.69) is 13.8 Å². The number of ether oxygens (including phenoxy) is 1. The maximum Gasteiger partial charge on any atom is 0.295 e. The zero-order valence-corrected chi connectivity index (χ0v) is 20.7. The third-order valence-electron chi connectivity index (χ3n) is 6.14. The molecule has 1 aliphatic rings. The molecule has 0 spiro atoms. The number of likely N-dealkylation sites (tertiary alicyclic amines) is 1. The van der Waals surface area contributed by atoms with E-state index in [-0.39, 0.29) is 11.3 Å². The lowest BCUT2D eigenvalue weighted by molar-refractivity contribution is -0.139. The number of nitrogens with zero attached hydrogens (tertiary/aromatic N) is 2. The minimum atomic E-state index is -0.643. The molecule has 0 bridgehead atoms. The number of aliphatic hydroxyl groups excluding tert-OH is 1. The summed E-state index contributed by atoms with van der Waals surface area (Å²) in [7, 11) is 3.95. The van der Waals surface area contributed by atoms with Crippen molar-refractivity contribution in [2.45, 2.75) is 45.6 Å². The van der Waals surface area contributed by atoms with Crippen molar-refractivity contribution in [2.75, 3.05) is 33.8 Å². The normalized spacial score (nSPS) is 17.6. The fourth-order valence-electron chi connectivity index (χ4n) is 4.15. The lowest BCUT2D eigenvalue weighted by atomic mass is 9.94. The second-order valence-corrected chi connectivity index (χ2v) is 8.97. The molecular weight excluding hydrogens is 428 g/mol. The van der Waals surface area contributed by atoms with Crippen LogP contribution in [0.25, 0.3) is 5.76 Å². The van der Waals surface area contributed by atoms with E-state index in [1.54, 1.807) is 29.2 Å². The van der Waals surface area contributed by atoms with Crippen LogP contribution < -0.4 is 4.74 Å². The van der Waals surface area contributed by atoms with E-state index in [9.17, 15) is 14.7 Å². The number of benzene rings is 2. The first-order chi connectivity index (χ1) is 16.4. The molecule has 34 heavy (non-hydrogen) atoms. The summed E-state index contributed by atoms with van der Waals surface area (Å²) in [5.74, 6) is -0.654. The summed E-state index contributed by atoms with van der Waals surface area (Å²) >= 11 is 0. The van der Waals surface area contributed by atoms with Gasteiger partial charge in [0.25, 0.3) is 11.7 Å². The molecule has 1 unspecified atom stereocenters. The number of hydrogen-bond acceptors (Lipinski definition) is 5. The van der Waals surface area contributed by atoms with E-state index in [1.165, 1.54) is 5.56 Å². The Morgan fingerprint density at radius 1 is 1.00 bits per heavy atom. The van der Waals surface area contributed by atoms with E-state index >= 15 is 0 Å². The first kappa shape index (κ1) is 25.5. The average Bonchev–Trinajstić information content (AvgIpc) is 3.09. The molecule has 182 valence electrons. The van der Waals surface area contributed by atoms with E-state index in [4.69, 9.17) is 4.74 Å².